The zero-order chi connectivity index (χ0) is 13.1. The van der Waals surface area contributed by atoms with Gasteiger partial charge in [0.15, 0.2) is 0 Å². The van der Waals surface area contributed by atoms with Crippen LogP contribution in [0.5, 0.6) is 5.75 Å². The molecular formula is C15H24N2O. The summed E-state index contributed by atoms with van der Waals surface area (Å²) in [6.07, 6.45) is 2.27. The molecule has 2 unspecified atom stereocenters. The normalized spacial score (nSPS) is 23.3. The Labute approximate surface area is 110 Å². The van der Waals surface area contributed by atoms with Crippen molar-refractivity contribution in [1.29, 1.82) is 0 Å². The lowest BCUT2D eigenvalue weighted by molar-refractivity contribution is 0.408. The van der Waals surface area contributed by atoms with Crippen LogP contribution in [0.4, 0.5) is 0 Å². The van der Waals surface area contributed by atoms with Gasteiger partial charge in [-0.05, 0) is 62.4 Å². The summed E-state index contributed by atoms with van der Waals surface area (Å²) in [5.74, 6) is 1.63. The molecule has 0 saturated carbocycles. The maximum Gasteiger partial charge on any atom is 0.124 e. The van der Waals surface area contributed by atoms with Gasteiger partial charge < -0.3 is 15.8 Å². The zero-order valence-corrected chi connectivity index (χ0v) is 11.6. The van der Waals surface area contributed by atoms with Crippen molar-refractivity contribution in [2.45, 2.75) is 32.7 Å². The van der Waals surface area contributed by atoms with Gasteiger partial charge in [-0.25, -0.2) is 0 Å². The molecule has 2 rings (SSSR count). The first-order valence-electron chi connectivity index (χ1n) is 6.73. The summed E-state index contributed by atoms with van der Waals surface area (Å²) >= 11 is 0. The molecule has 1 fully saturated rings. The third-order valence-corrected chi connectivity index (χ3v) is 3.97. The van der Waals surface area contributed by atoms with Crippen molar-refractivity contribution < 1.29 is 4.74 Å². The second-order valence-electron chi connectivity index (χ2n) is 5.31. The van der Waals surface area contributed by atoms with E-state index in [9.17, 15) is 0 Å². The van der Waals surface area contributed by atoms with Gasteiger partial charge >= 0.3 is 0 Å². The Bertz CT molecular complexity index is 394. The van der Waals surface area contributed by atoms with E-state index < -0.39 is 0 Å². The first-order valence-corrected chi connectivity index (χ1v) is 6.73. The lowest BCUT2D eigenvalue weighted by Gasteiger charge is -2.19. The number of ether oxygens (including phenoxy) is 1. The van der Waals surface area contributed by atoms with Crippen LogP contribution in [0.2, 0.25) is 0 Å². The Morgan fingerprint density at radius 2 is 2.00 bits per heavy atom. The molecule has 2 atom stereocenters. The molecule has 0 aliphatic carbocycles. The van der Waals surface area contributed by atoms with Gasteiger partial charge in [0.2, 0.25) is 0 Å². The van der Waals surface area contributed by atoms with Crippen LogP contribution in [-0.4, -0.2) is 26.2 Å². The molecule has 18 heavy (non-hydrogen) atoms. The monoisotopic (exact) mass is 248 g/mol. The molecule has 1 aromatic carbocycles. The quantitative estimate of drug-likeness (QED) is 0.854. The summed E-state index contributed by atoms with van der Waals surface area (Å²) in [5.41, 5.74) is 9.64. The van der Waals surface area contributed by atoms with Crippen molar-refractivity contribution in [3.05, 3.63) is 28.8 Å². The lowest BCUT2D eigenvalue weighted by Crippen LogP contribution is -2.33. The highest BCUT2D eigenvalue weighted by atomic mass is 16.5. The number of aryl methyl sites for hydroxylation is 2. The molecule has 0 bridgehead atoms. The van der Waals surface area contributed by atoms with Crippen LogP contribution < -0.4 is 15.8 Å². The van der Waals surface area contributed by atoms with Crippen molar-refractivity contribution in [2.75, 3.05) is 20.2 Å². The summed E-state index contributed by atoms with van der Waals surface area (Å²) in [4.78, 5) is 0. The van der Waals surface area contributed by atoms with E-state index in [0.29, 0.717) is 12.0 Å². The van der Waals surface area contributed by atoms with Crippen molar-refractivity contribution >= 4 is 0 Å². The molecule has 3 N–H and O–H groups in total. The van der Waals surface area contributed by atoms with Crippen molar-refractivity contribution in [2.24, 2.45) is 11.7 Å². The van der Waals surface area contributed by atoms with E-state index in [1.807, 2.05) is 0 Å². The van der Waals surface area contributed by atoms with Crippen LogP contribution in [0.1, 0.15) is 23.1 Å². The number of methoxy groups -OCH3 is 1. The summed E-state index contributed by atoms with van der Waals surface area (Å²) in [7, 11) is 1.73. The summed E-state index contributed by atoms with van der Waals surface area (Å²) < 4.78 is 5.41. The van der Waals surface area contributed by atoms with Crippen molar-refractivity contribution in [1.82, 2.24) is 5.32 Å². The van der Waals surface area contributed by atoms with Crippen LogP contribution in [0.3, 0.4) is 0 Å². The highest BCUT2D eigenvalue weighted by molar-refractivity contribution is 5.43. The van der Waals surface area contributed by atoms with Crippen LogP contribution in [0.25, 0.3) is 0 Å². The summed E-state index contributed by atoms with van der Waals surface area (Å²) in [6, 6.07) is 5.00. The van der Waals surface area contributed by atoms with Crippen molar-refractivity contribution in [3.8, 4) is 5.75 Å². The average Bonchev–Trinajstić information content (AvgIpc) is 2.76. The van der Waals surface area contributed by atoms with Gasteiger partial charge in [0.25, 0.3) is 0 Å². The Hall–Kier alpha value is -1.06. The van der Waals surface area contributed by atoms with Gasteiger partial charge in [-0.15, -0.1) is 0 Å². The molecule has 0 aromatic heterocycles. The molecule has 3 heteroatoms. The van der Waals surface area contributed by atoms with Crippen LogP contribution in [0, 0.1) is 19.8 Å². The van der Waals surface area contributed by atoms with E-state index in [1.54, 1.807) is 7.11 Å². The van der Waals surface area contributed by atoms with Crippen LogP contribution >= 0.6 is 0 Å². The Morgan fingerprint density at radius 1 is 1.33 bits per heavy atom. The third kappa shape index (κ3) is 2.68. The van der Waals surface area contributed by atoms with Gasteiger partial charge in [-0.2, -0.15) is 0 Å². The number of hydrogen-bond donors (Lipinski definition) is 2. The molecule has 1 aliphatic rings. The fourth-order valence-electron chi connectivity index (χ4n) is 3.08. The van der Waals surface area contributed by atoms with E-state index in [2.05, 4.69) is 31.3 Å². The molecule has 0 spiro atoms. The topological polar surface area (TPSA) is 47.3 Å². The highest BCUT2D eigenvalue weighted by Crippen LogP contribution is 2.26. The highest BCUT2D eigenvalue weighted by Gasteiger charge is 2.25. The Morgan fingerprint density at radius 3 is 2.56 bits per heavy atom. The lowest BCUT2D eigenvalue weighted by atomic mass is 9.93. The fourth-order valence-corrected chi connectivity index (χ4v) is 3.08. The van der Waals surface area contributed by atoms with Crippen LogP contribution in [-0.2, 0) is 6.42 Å². The minimum absolute atomic E-state index is 0.530. The first kappa shape index (κ1) is 13.4. The SMILES string of the molecule is COc1c(C)cc(CC2NCCC2CN)cc1C. The average molecular weight is 248 g/mol. The molecule has 3 nitrogen and oxygen atoms in total. The van der Waals surface area contributed by atoms with Gasteiger partial charge in [0.05, 0.1) is 7.11 Å². The van der Waals surface area contributed by atoms with E-state index in [1.165, 1.54) is 23.1 Å². The molecule has 1 saturated heterocycles. The molecule has 1 heterocycles. The maximum absolute atomic E-state index is 5.82. The van der Waals surface area contributed by atoms with E-state index >= 15 is 0 Å². The number of hydrogen-bond acceptors (Lipinski definition) is 3. The van der Waals surface area contributed by atoms with E-state index in [4.69, 9.17) is 10.5 Å². The Kier molecular flexibility index (Phi) is 4.25. The zero-order valence-electron chi connectivity index (χ0n) is 11.6. The molecular weight excluding hydrogens is 224 g/mol. The second kappa shape index (κ2) is 5.72. The van der Waals surface area contributed by atoms with E-state index in [-0.39, 0.29) is 0 Å². The molecule has 0 amide bonds. The molecule has 0 radical (unpaired) electrons. The third-order valence-electron chi connectivity index (χ3n) is 3.97. The molecule has 100 valence electrons. The van der Waals surface area contributed by atoms with Gasteiger partial charge in [0.1, 0.15) is 5.75 Å². The summed E-state index contributed by atoms with van der Waals surface area (Å²) in [5, 5.41) is 3.56. The largest absolute Gasteiger partial charge is 0.496 e. The number of rotatable bonds is 4. The predicted molar refractivity (Wildman–Crippen MR) is 75.1 cm³/mol. The van der Waals surface area contributed by atoms with Crippen molar-refractivity contribution in [3.63, 3.8) is 0 Å². The van der Waals surface area contributed by atoms with E-state index in [0.717, 1.165) is 25.3 Å². The molecule has 1 aromatic rings. The second-order valence-corrected chi connectivity index (χ2v) is 5.31. The number of nitrogens with one attached hydrogen (secondary N) is 1. The Balaban J connectivity index is 2.14. The summed E-state index contributed by atoms with van der Waals surface area (Å²) in [6.45, 7) is 6.10. The fraction of sp³-hybridized carbons (Fsp3) is 0.600. The molecule has 1 aliphatic heterocycles. The van der Waals surface area contributed by atoms with Gasteiger partial charge in [-0.3, -0.25) is 0 Å². The standard InChI is InChI=1S/C15H24N2O/c1-10-6-12(7-11(2)15(10)18-3)8-14-13(9-16)4-5-17-14/h6-7,13-14,17H,4-5,8-9,16H2,1-3H3. The number of nitrogens with two attached hydrogens (primary N) is 1. The predicted octanol–water partition coefficient (Wildman–Crippen LogP) is 1.79. The first-order chi connectivity index (χ1) is 8.65. The minimum atomic E-state index is 0.530. The van der Waals surface area contributed by atoms with Crippen LogP contribution in [0.15, 0.2) is 12.1 Å². The maximum atomic E-state index is 5.82. The number of benzene rings is 1. The van der Waals surface area contributed by atoms with Gasteiger partial charge in [-0.1, -0.05) is 12.1 Å². The van der Waals surface area contributed by atoms with Gasteiger partial charge in [0, 0.05) is 6.04 Å². The smallest absolute Gasteiger partial charge is 0.124 e. The minimum Gasteiger partial charge on any atom is -0.496 e.